The molecule has 0 spiro atoms. The molecule has 0 radical (unpaired) electrons. The first-order chi connectivity index (χ1) is 28.7. The fourth-order valence-electron chi connectivity index (χ4n) is 3.65. The summed E-state index contributed by atoms with van der Waals surface area (Å²) in [6, 6.07) is 36.4. The van der Waals surface area contributed by atoms with E-state index in [0.717, 1.165) is 46.6 Å². The first-order valence-electron chi connectivity index (χ1n) is 17.1. The second-order valence-corrected chi connectivity index (χ2v) is 11.0. The van der Waals surface area contributed by atoms with E-state index in [2.05, 4.69) is 0 Å². The van der Waals surface area contributed by atoms with Crippen molar-refractivity contribution in [3.8, 4) is 0 Å². The molecule has 0 heterocycles. The Labute approximate surface area is 366 Å². The van der Waals surface area contributed by atoms with Crippen LogP contribution in [-0.2, 0) is 83.7 Å². The smallest absolute Gasteiger partial charge is 0.545 e. The van der Waals surface area contributed by atoms with Crippen LogP contribution in [0.15, 0.2) is 170 Å². The van der Waals surface area contributed by atoms with E-state index >= 15 is 0 Å². The van der Waals surface area contributed by atoms with E-state index in [1.807, 2.05) is 72.8 Å². The average Bonchev–Trinajstić information content (AvgIpc) is 3.25. The molecular weight excluding hydrogens is 903 g/mol. The fraction of sp³-hybridized carbons (Fsp3) is 0.0909. The third kappa shape index (κ3) is 32.1. The normalized spacial score (nSPS) is 9.97. The van der Waals surface area contributed by atoms with Gasteiger partial charge in [0.05, 0.1) is 23.9 Å². The Morgan fingerprint density at radius 2 is 0.475 bits per heavy atom. The number of carbonyl (C=O) groups excluding carboxylic acids is 8. The standard InChI is InChI=1S/4C11H10O4.Sn/c4*12-10(13)6-7-11(14)15-8-9-4-2-1-3-5-9;/h4*1-7H,8H2,(H,12,13);/q;;;;+4/p-4/b4*7-6-;. The van der Waals surface area contributed by atoms with Gasteiger partial charge >= 0.3 is 47.8 Å². The van der Waals surface area contributed by atoms with E-state index in [9.17, 15) is 58.8 Å². The molecule has 0 aliphatic heterocycles. The summed E-state index contributed by atoms with van der Waals surface area (Å²) in [5, 5.41) is 39.9. The summed E-state index contributed by atoms with van der Waals surface area (Å²) in [6.07, 6.45) is 5.80. The van der Waals surface area contributed by atoms with E-state index in [-0.39, 0.29) is 50.3 Å². The van der Waals surface area contributed by atoms with Gasteiger partial charge in [-0.3, -0.25) is 0 Å². The maximum absolute atomic E-state index is 10.9. The van der Waals surface area contributed by atoms with Gasteiger partial charge in [-0.15, -0.1) is 0 Å². The van der Waals surface area contributed by atoms with Crippen LogP contribution in [-0.4, -0.2) is 71.7 Å². The molecule has 312 valence electrons. The van der Waals surface area contributed by atoms with Gasteiger partial charge in [-0.05, 0) is 46.6 Å². The summed E-state index contributed by atoms with van der Waals surface area (Å²) in [5.41, 5.74) is 3.36. The zero-order valence-corrected chi connectivity index (χ0v) is 34.9. The largest absolute Gasteiger partial charge is 4.00 e. The van der Waals surface area contributed by atoms with Crippen molar-refractivity contribution >= 4 is 71.7 Å². The SMILES string of the molecule is O=C([O-])/C=C\C(=O)OCc1ccccc1.O=C([O-])/C=C\C(=O)OCc1ccccc1.O=C([O-])/C=C\C(=O)OCc1ccccc1.O=C([O-])/C=C\C(=O)OCc1ccccc1.[Sn+4]. The minimum atomic E-state index is -1.42. The van der Waals surface area contributed by atoms with Crippen LogP contribution in [0.1, 0.15) is 22.3 Å². The summed E-state index contributed by atoms with van der Waals surface area (Å²) in [6.45, 7) is 0.488. The van der Waals surface area contributed by atoms with Crippen molar-refractivity contribution in [1.82, 2.24) is 0 Å². The van der Waals surface area contributed by atoms with Crippen LogP contribution in [0.5, 0.6) is 0 Å². The molecular formula is C44H36O16Sn. The first-order valence-corrected chi connectivity index (χ1v) is 17.1. The Morgan fingerprint density at radius 1 is 0.311 bits per heavy atom. The van der Waals surface area contributed by atoms with Gasteiger partial charge in [-0.2, -0.15) is 0 Å². The Balaban J connectivity index is 0.000000783. The van der Waals surface area contributed by atoms with Crippen LogP contribution in [0.4, 0.5) is 0 Å². The van der Waals surface area contributed by atoms with Gasteiger partial charge in [-0.25, -0.2) is 19.2 Å². The van der Waals surface area contributed by atoms with Gasteiger partial charge in [0.25, 0.3) is 0 Å². The molecule has 0 fully saturated rings. The van der Waals surface area contributed by atoms with Gasteiger partial charge in [0.1, 0.15) is 26.4 Å². The first kappa shape index (κ1) is 53.4. The summed E-state index contributed by atoms with van der Waals surface area (Å²) < 4.78 is 19.0. The van der Waals surface area contributed by atoms with Crippen molar-refractivity contribution in [2.24, 2.45) is 0 Å². The molecule has 0 unspecified atom stereocenters. The quantitative estimate of drug-likeness (QED) is 0.0607. The van der Waals surface area contributed by atoms with Crippen LogP contribution in [0.25, 0.3) is 0 Å². The Kier molecular flexibility index (Phi) is 29.2. The third-order valence-electron chi connectivity index (χ3n) is 6.32. The molecule has 17 heteroatoms. The summed E-state index contributed by atoms with van der Waals surface area (Å²) in [5.74, 6) is -8.52. The number of esters is 4. The molecule has 4 rings (SSSR count). The molecule has 4 aromatic rings. The number of rotatable bonds is 16. The van der Waals surface area contributed by atoms with Gasteiger partial charge in [0, 0.05) is 24.3 Å². The number of carboxylic acid groups (broad SMARTS) is 4. The molecule has 0 saturated carbocycles. The van der Waals surface area contributed by atoms with E-state index in [1.54, 1.807) is 48.5 Å². The molecule has 0 saturated heterocycles. The summed E-state index contributed by atoms with van der Waals surface area (Å²) in [4.78, 5) is 83.6. The Morgan fingerprint density at radius 3 is 0.623 bits per heavy atom. The van der Waals surface area contributed by atoms with Crippen LogP contribution in [0.3, 0.4) is 0 Å². The van der Waals surface area contributed by atoms with Gasteiger partial charge in [-0.1, -0.05) is 121 Å². The monoisotopic (exact) mass is 940 g/mol. The topological polar surface area (TPSA) is 266 Å². The van der Waals surface area contributed by atoms with Crippen molar-refractivity contribution in [3.05, 3.63) is 192 Å². The molecule has 16 nitrogen and oxygen atoms in total. The summed E-state index contributed by atoms with van der Waals surface area (Å²) in [7, 11) is 0. The van der Waals surface area contributed by atoms with Crippen molar-refractivity contribution in [3.63, 3.8) is 0 Å². The number of ether oxygens (including phenoxy) is 4. The summed E-state index contributed by atoms with van der Waals surface area (Å²) >= 11 is 0. The number of benzene rings is 4. The minimum Gasteiger partial charge on any atom is -0.545 e. The Bertz CT molecular complexity index is 1780. The molecule has 0 aromatic heterocycles. The molecule has 0 aliphatic carbocycles. The second kappa shape index (κ2) is 33.4. The molecule has 0 N–H and O–H groups in total. The zero-order chi connectivity index (χ0) is 44.4. The Hall–Kier alpha value is -7.60. The number of carbonyl (C=O) groups is 8. The van der Waals surface area contributed by atoms with E-state index in [0.29, 0.717) is 24.3 Å². The molecule has 0 amide bonds. The number of hydrogen-bond acceptors (Lipinski definition) is 16. The maximum Gasteiger partial charge on any atom is 4.00 e. The maximum atomic E-state index is 10.9. The van der Waals surface area contributed by atoms with Gasteiger partial charge in [0.15, 0.2) is 0 Å². The fourth-order valence-corrected chi connectivity index (χ4v) is 3.65. The van der Waals surface area contributed by atoms with Crippen LogP contribution in [0, 0.1) is 0 Å². The van der Waals surface area contributed by atoms with Crippen LogP contribution >= 0.6 is 0 Å². The van der Waals surface area contributed by atoms with E-state index < -0.39 is 47.8 Å². The third-order valence-corrected chi connectivity index (χ3v) is 6.32. The number of carboxylic acids is 4. The number of hydrogen-bond donors (Lipinski definition) is 0. The van der Waals surface area contributed by atoms with Crippen molar-refractivity contribution < 1.29 is 77.7 Å². The predicted molar refractivity (Wildman–Crippen MR) is 207 cm³/mol. The van der Waals surface area contributed by atoms with Crippen molar-refractivity contribution in [1.29, 1.82) is 0 Å². The van der Waals surface area contributed by atoms with E-state index in [4.69, 9.17) is 18.9 Å². The minimum absolute atomic E-state index is 0. The second-order valence-electron chi connectivity index (χ2n) is 11.0. The van der Waals surface area contributed by atoms with Gasteiger partial charge < -0.3 is 58.6 Å². The van der Waals surface area contributed by atoms with Crippen LogP contribution in [0.2, 0.25) is 0 Å². The average molecular weight is 939 g/mol. The molecule has 0 atom stereocenters. The van der Waals surface area contributed by atoms with Gasteiger partial charge in [0.2, 0.25) is 0 Å². The van der Waals surface area contributed by atoms with Crippen LogP contribution < -0.4 is 20.4 Å². The molecule has 4 aromatic carbocycles. The predicted octanol–water partition coefficient (Wildman–Crippen LogP) is -0.237. The van der Waals surface area contributed by atoms with Crippen molar-refractivity contribution in [2.75, 3.05) is 0 Å². The molecule has 0 aliphatic rings. The van der Waals surface area contributed by atoms with E-state index in [1.165, 1.54) is 0 Å². The zero-order valence-electron chi connectivity index (χ0n) is 32.0. The molecule has 0 bridgehead atoms. The molecule has 61 heavy (non-hydrogen) atoms. The van der Waals surface area contributed by atoms with Crippen molar-refractivity contribution in [2.45, 2.75) is 26.4 Å². The number of aliphatic carboxylic acids is 4.